The molecule has 184 valence electrons. The fourth-order valence-corrected chi connectivity index (χ4v) is 4.85. The van der Waals surface area contributed by atoms with Crippen LogP contribution in [0.3, 0.4) is 0 Å². The Bertz CT molecular complexity index is 1280. The van der Waals surface area contributed by atoms with Gasteiger partial charge in [0.05, 0.1) is 5.56 Å². The van der Waals surface area contributed by atoms with E-state index in [4.69, 9.17) is 4.52 Å². The van der Waals surface area contributed by atoms with Gasteiger partial charge in [-0.05, 0) is 36.1 Å². The van der Waals surface area contributed by atoms with Crippen LogP contribution in [-0.4, -0.2) is 34.0 Å². The highest BCUT2D eigenvalue weighted by Gasteiger charge is 2.48. The van der Waals surface area contributed by atoms with Crippen LogP contribution in [0.1, 0.15) is 35.4 Å². The number of nitrogens with zero attached hydrogens (tertiary/aromatic N) is 3. The molecule has 1 saturated heterocycles. The summed E-state index contributed by atoms with van der Waals surface area (Å²) in [4.78, 5) is 20.0. The second kappa shape index (κ2) is 9.60. The van der Waals surface area contributed by atoms with Gasteiger partial charge in [-0.25, -0.2) is 0 Å². The molecule has 1 aliphatic rings. The van der Waals surface area contributed by atoms with E-state index in [0.717, 1.165) is 23.3 Å². The second-order valence-corrected chi connectivity index (χ2v) is 8.87. The third-order valence-corrected chi connectivity index (χ3v) is 6.70. The summed E-state index contributed by atoms with van der Waals surface area (Å²) in [6, 6.07) is 24.4. The Morgan fingerprint density at radius 2 is 1.50 bits per heavy atom. The van der Waals surface area contributed by atoms with Crippen LogP contribution in [0.5, 0.6) is 0 Å². The molecule has 4 aromatic rings. The Morgan fingerprint density at radius 3 is 2.08 bits per heavy atom. The van der Waals surface area contributed by atoms with Crippen LogP contribution in [0, 0.1) is 0 Å². The monoisotopic (exact) mass is 491 g/mol. The number of carbonyl (C=O) groups is 1. The van der Waals surface area contributed by atoms with Crippen LogP contribution in [0.25, 0.3) is 11.4 Å². The zero-order valence-electron chi connectivity index (χ0n) is 19.4. The Morgan fingerprint density at radius 1 is 0.889 bits per heavy atom. The molecule has 0 atom stereocenters. The van der Waals surface area contributed by atoms with Crippen LogP contribution in [-0.2, 0) is 22.8 Å². The molecule has 8 heteroatoms. The molecule has 0 unspecified atom stereocenters. The minimum absolute atomic E-state index is 0.0795. The topological polar surface area (TPSA) is 59.2 Å². The molecule has 0 bridgehead atoms. The molecule has 3 aromatic carbocycles. The van der Waals surface area contributed by atoms with Crippen molar-refractivity contribution in [2.24, 2.45) is 0 Å². The van der Waals surface area contributed by atoms with Gasteiger partial charge in [0.2, 0.25) is 17.6 Å². The summed E-state index contributed by atoms with van der Waals surface area (Å²) >= 11 is 0. The Kier molecular flexibility index (Phi) is 6.35. The minimum Gasteiger partial charge on any atom is -0.342 e. The number of rotatable bonds is 7. The van der Waals surface area contributed by atoms with E-state index in [-0.39, 0.29) is 11.7 Å². The van der Waals surface area contributed by atoms with Crippen molar-refractivity contribution >= 4 is 5.91 Å². The lowest BCUT2D eigenvalue weighted by Crippen LogP contribution is -2.39. The number of alkyl halides is 3. The summed E-state index contributed by atoms with van der Waals surface area (Å²) in [6.07, 6.45) is -2.62. The van der Waals surface area contributed by atoms with Gasteiger partial charge in [-0.3, -0.25) is 4.79 Å². The van der Waals surface area contributed by atoms with E-state index in [1.807, 2.05) is 65.6 Å². The largest absolute Gasteiger partial charge is 0.416 e. The van der Waals surface area contributed by atoms with Crippen LogP contribution >= 0.6 is 0 Å². The average molecular weight is 492 g/mol. The van der Waals surface area contributed by atoms with Crippen molar-refractivity contribution in [1.29, 1.82) is 0 Å². The number of hydrogen-bond acceptors (Lipinski definition) is 4. The van der Waals surface area contributed by atoms with E-state index in [0.29, 0.717) is 43.8 Å². The number of benzene rings is 3. The SMILES string of the molecule is O=C1N(CCCc2nc(-c3ccc(C(F)(F)F)cc3)no2)CCC1(c1ccccc1)c1ccccc1. The third kappa shape index (κ3) is 4.51. The molecule has 1 aromatic heterocycles. The molecular formula is C28H24F3N3O2. The predicted molar refractivity (Wildman–Crippen MR) is 128 cm³/mol. The molecule has 0 aliphatic carbocycles. The Labute approximate surface area is 206 Å². The van der Waals surface area contributed by atoms with E-state index in [1.165, 1.54) is 12.1 Å². The maximum absolute atomic E-state index is 13.8. The minimum atomic E-state index is -4.40. The number of hydrogen-bond donors (Lipinski definition) is 0. The molecule has 1 amide bonds. The highest BCUT2D eigenvalue weighted by atomic mass is 19.4. The predicted octanol–water partition coefficient (Wildman–Crippen LogP) is 5.91. The summed E-state index contributed by atoms with van der Waals surface area (Å²) in [5.74, 6) is 0.702. The molecule has 1 aliphatic heterocycles. The molecular weight excluding hydrogens is 467 g/mol. The molecule has 36 heavy (non-hydrogen) atoms. The molecule has 5 rings (SSSR count). The van der Waals surface area contributed by atoms with Gasteiger partial charge >= 0.3 is 6.18 Å². The number of aryl methyl sites for hydroxylation is 1. The van der Waals surface area contributed by atoms with Crippen molar-refractivity contribution in [1.82, 2.24) is 15.0 Å². The van der Waals surface area contributed by atoms with Crippen molar-refractivity contribution in [3.63, 3.8) is 0 Å². The van der Waals surface area contributed by atoms with Crippen LogP contribution in [0.15, 0.2) is 89.5 Å². The lowest BCUT2D eigenvalue weighted by molar-refractivity contribution is -0.137. The first kappa shape index (κ1) is 23.8. The fraction of sp³-hybridized carbons (Fsp3) is 0.250. The Hall–Kier alpha value is -3.94. The van der Waals surface area contributed by atoms with Crippen molar-refractivity contribution < 1.29 is 22.5 Å². The van der Waals surface area contributed by atoms with Gasteiger partial charge in [0.25, 0.3) is 0 Å². The quantitative estimate of drug-likeness (QED) is 0.323. The molecule has 0 N–H and O–H groups in total. The lowest BCUT2D eigenvalue weighted by atomic mass is 9.73. The van der Waals surface area contributed by atoms with Gasteiger partial charge < -0.3 is 9.42 Å². The van der Waals surface area contributed by atoms with Crippen LogP contribution in [0.4, 0.5) is 13.2 Å². The first-order chi connectivity index (χ1) is 17.4. The van der Waals surface area contributed by atoms with E-state index >= 15 is 0 Å². The zero-order valence-corrected chi connectivity index (χ0v) is 19.4. The highest BCUT2D eigenvalue weighted by Crippen LogP contribution is 2.42. The summed E-state index contributed by atoms with van der Waals surface area (Å²) in [5.41, 5.74) is 0.988. The summed E-state index contributed by atoms with van der Waals surface area (Å²) < 4.78 is 43.7. The first-order valence-corrected chi connectivity index (χ1v) is 11.8. The second-order valence-electron chi connectivity index (χ2n) is 8.87. The molecule has 0 spiro atoms. The number of likely N-dealkylation sites (tertiary alicyclic amines) is 1. The fourth-order valence-electron chi connectivity index (χ4n) is 4.85. The van der Waals surface area contributed by atoms with Crippen molar-refractivity contribution in [3.05, 3.63) is 108 Å². The normalized spacial score (nSPS) is 15.4. The summed E-state index contributed by atoms with van der Waals surface area (Å²) in [5, 5.41) is 3.90. The number of carbonyl (C=O) groups excluding carboxylic acids is 1. The first-order valence-electron chi connectivity index (χ1n) is 11.8. The molecule has 0 radical (unpaired) electrons. The van der Waals surface area contributed by atoms with Gasteiger partial charge in [-0.2, -0.15) is 18.2 Å². The van der Waals surface area contributed by atoms with Gasteiger partial charge in [0.1, 0.15) is 5.41 Å². The molecule has 5 nitrogen and oxygen atoms in total. The highest BCUT2D eigenvalue weighted by molar-refractivity contribution is 5.94. The lowest BCUT2D eigenvalue weighted by Gasteiger charge is -2.29. The van der Waals surface area contributed by atoms with E-state index in [9.17, 15) is 18.0 Å². The third-order valence-electron chi connectivity index (χ3n) is 6.70. The maximum atomic E-state index is 13.8. The van der Waals surface area contributed by atoms with E-state index in [2.05, 4.69) is 10.1 Å². The van der Waals surface area contributed by atoms with Crippen molar-refractivity contribution in [2.75, 3.05) is 13.1 Å². The average Bonchev–Trinajstić information content (AvgIpc) is 3.50. The van der Waals surface area contributed by atoms with Gasteiger partial charge in [-0.1, -0.05) is 78.0 Å². The van der Waals surface area contributed by atoms with Gasteiger partial charge in [0, 0.05) is 25.1 Å². The van der Waals surface area contributed by atoms with Crippen LogP contribution < -0.4 is 0 Å². The molecule has 2 heterocycles. The standard InChI is InChI=1S/C28H24F3N3O2/c29-28(30,31)23-15-13-20(14-16-23)25-32-24(36-33-25)12-7-18-34-19-17-27(26(34)35,21-8-3-1-4-9-21)22-10-5-2-6-11-22/h1-6,8-11,13-16H,7,12,17-19H2. The summed E-state index contributed by atoms with van der Waals surface area (Å²) in [6.45, 7) is 1.18. The Balaban J connectivity index is 1.25. The molecule has 0 saturated carbocycles. The van der Waals surface area contributed by atoms with Crippen molar-refractivity contribution in [2.45, 2.75) is 30.9 Å². The number of halogens is 3. The maximum Gasteiger partial charge on any atom is 0.416 e. The van der Waals surface area contributed by atoms with Gasteiger partial charge in [0.15, 0.2) is 0 Å². The smallest absolute Gasteiger partial charge is 0.342 e. The van der Waals surface area contributed by atoms with Crippen LogP contribution in [0.2, 0.25) is 0 Å². The van der Waals surface area contributed by atoms with E-state index in [1.54, 1.807) is 0 Å². The summed E-state index contributed by atoms with van der Waals surface area (Å²) in [7, 11) is 0. The van der Waals surface area contributed by atoms with E-state index < -0.39 is 17.2 Å². The zero-order chi connectivity index (χ0) is 25.2. The number of amides is 1. The number of aromatic nitrogens is 2. The molecule has 1 fully saturated rings. The van der Waals surface area contributed by atoms with Gasteiger partial charge in [-0.15, -0.1) is 0 Å². The van der Waals surface area contributed by atoms with Crippen molar-refractivity contribution in [3.8, 4) is 11.4 Å².